The molecule has 5 nitrogen and oxygen atoms in total. The van der Waals surface area contributed by atoms with E-state index in [9.17, 15) is 13.2 Å². The lowest BCUT2D eigenvalue weighted by molar-refractivity contribution is -0.137. The zero-order chi connectivity index (χ0) is 19.5. The van der Waals surface area contributed by atoms with Crippen molar-refractivity contribution in [3.8, 4) is 0 Å². The fraction of sp³-hybridized carbons (Fsp3) is 0.667. The highest BCUT2D eigenvalue weighted by Gasteiger charge is 2.55. The first-order valence-electron chi connectivity index (χ1n) is 10.2. The summed E-state index contributed by atoms with van der Waals surface area (Å²) in [7, 11) is -3.34. The first kappa shape index (κ1) is 20.3. The summed E-state index contributed by atoms with van der Waals surface area (Å²) in [6.45, 7) is 5.30. The van der Waals surface area contributed by atoms with Crippen molar-refractivity contribution >= 4 is 15.9 Å². The predicted molar refractivity (Wildman–Crippen MR) is 108 cm³/mol. The lowest BCUT2D eigenvalue weighted by atomic mass is 9.67. The molecule has 1 saturated heterocycles. The Morgan fingerprint density at radius 3 is 2.67 bits per heavy atom. The standard InChI is InChI=1S/C21H32N2O3S/c1-17(2)11-14-22-20(24)21-12-7-6-10-19(21)23(27(25,26)15-13-21)16-18-8-4-3-5-9-18/h3-5,8-9,17,19H,6-7,10-16H2,1-2H3,(H,22,24)/t19-,21-/m1/s1. The summed E-state index contributed by atoms with van der Waals surface area (Å²) in [5.41, 5.74) is 0.401. The molecule has 0 bridgehead atoms. The molecule has 2 aliphatic rings. The second-order valence-electron chi connectivity index (χ2n) is 8.45. The maximum atomic E-state index is 13.2. The summed E-state index contributed by atoms with van der Waals surface area (Å²) in [6.07, 6.45) is 4.91. The average molecular weight is 393 g/mol. The second kappa shape index (κ2) is 8.31. The van der Waals surface area contributed by atoms with Gasteiger partial charge < -0.3 is 5.32 Å². The zero-order valence-corrected chi connectivity index (χ0v) is 17.3. The Morgan fingerprint density at radius 2 is 1.96 bits per heavy atom. The van der Waals surface area contributed by atoms with Crippen molar-refractivity contribution in [1.82, 2.24) is 9.62 Å². The van der Waals surface area contributed by atoms with Gasteiger partial charge >= 0.3 is 0 Å². The van der Waals surface area contributed by atoms with Crippen LogP contribution in [0.25, 0.3) is 0 Å². The maximum Gasteiger partial charge on any atom is 0.227 e. The molecule has 2 fully saturated rings. The summed E-state index contributed by atoms with van der Waals surface area (Å²) in [5.74, 6) is 0.653. The van der Waals surface area contributed by atoms with Crippen LogP contribution in [0, 0.1) is 11.3 Å². The van der Waals surface area contributed by atoms with Gasteiger partial charge in [0.15, 0.2) is 0 Å². The molecule has 1 aromatic rings. The molecule has 2 atom stereocenters. The van der Waals surface area contributed by atoms with Crippen LogP contribution in [0.3, 0.4) is 0 Å². The monoisotopic (exact) mass is 392 g/mol. The van der Waals surface area contributed by atoms with E-state index in [-0.39, 0.29) is 17.7 Å². The topological polar surface area (TPSA) is 66.5 Å². The van der Waals surface area contributed by atoms with Crippen molar-refractivity contribution in [3.05, 3.63) is 35.9 Å². The second-order valence-corrected chi connectivity index (χ2v) is 10.5. The van der Waals surface area contributed by atoms with Crippen LogP contribution >= 0.6 is 0 Å². The van der Waals surface area contributed by atoms with Gasteiger partial charge in [-0.2, -0.15) is 4.31 Å². The van der Waals surface area contributed by atoms with Crippen LogP contribution in [0.1, 0.15) is 57.9 Å². The van der Waals surface area contributed by atoms with Gasteiger partial charge in [-0.05, 0) is 37.2 Å². The third kappa shape index (κ3) is 4.37. The van der Waals surface area contributed by atoms with Gasteiger partial charge in [0.1, 0.15) is 0 Å². The van der Waals surface area contributed by atoms with Gasteiger partial charge in [-0.3, -0.25) is 4.79 Å². The Balaban J connectivity index is 1.85. The number of hydrogen-bond acceptors (Lipinski definition) is 3. The molecule has 150 valence electrons. The summed E-state index contributed by atoms with van der Waals surface area (Å²) in [6, 6.07) is 9.47. The van der Waals surface area contributed by atoms with Crippen molar-refractivity contribution in [3.63, 3.8) is 0 Å². The summed E-state index contributed by atoms with van der Waals surface area (Å²) >= 11 is 0. The Kier molecular flexibility index (Phi) is 6.26. The molecule has 1 amide bonds. The van der Waals surface area contributed by atoms with Crippen LogP contribution < -0.4 is 5.32 Å². The van der Waals surface area contributed by atoms with Crippen molar-refractivity contribution < 1.29 is 13.2 Å². The molecule has 1 N–H and O–H groups in total. The zero-order valence-electron chi connectivity index (χ0n) is 16.5. The van der Waals surface area contributed by atoms with E-state index < -0.39 is 15.4 Å². The molecule has 0 radical (unpaired) electrons. The number of fused-ring (bicyclic) bond motifs is 1. The van der Waals surface area contributed by atoms with Crippen LogP contribution in [-0.4, -0.2) is 37.0 Å². The van der Waals surface area contributed by atoms with E-state index in [1.807, 2.05) is 30.3 Å². The SMILES string of the molecule is CC(C)CCNC(=O)[C@@]12CCCC[C@H]1N(Cc1ccccc1)S(=O)(=O)CC2. The van der Waals surface area contributed by atoms with Crippen molar-refractivity contribution in [2.45, 2.75) is 65.0 Å². The number of sulfonamides is 1. The molecule has 1 aliphatic heterocycles. The highest BCUT2D eigenvalue weighted by atomic mass is 32.2. The third-order valence-electron chi connectivity index (χ3n) is 6.14. The minimum Gasteiger partial charge on any atom is -0.356 e. The van der Waals surface area contributed by atoms with Crippen LogP contribution in [0.5, 0.6) is 0 Å². The van der Waals surface area contributed by atoms with E-state index in [1.165, 1.54) is 0 Å². The maximum absolute atomic E-state index is 13.2. The lowest BCUT2D eigenvalue weighted by Gasteiger charge is -2.50. The number of carbonyl (C=O) groups excluding carboxylic acids is 1. The van der Waals surface area contributed by atoms with Gasteiger partial charge in [0.2, 0.25) is 15.9 Å². The van der Waals surface area contributed by atoms with E-state index in [0.717, 1.165) is 37.7 Å². The van der Waals surface area contributed by atoms with Gasteiger partial charge in [0.05, 0.1) is 11.2 Å². The van der Waals surface area contributed by atoms with E-state index in [2.05, 4.69) is 19.2 Å². The molecule has 1 saturated carbocycles. The summed E-state index contributed by atoms with van der Waals surface area (Å²) in [5, 5.41) is 3.13. The quantitative estimate of drug-likeness (QED) is 0.808. The van der Waals surface area contributed by atoms with E-state index in [0.29, 0.717) is 25.4 Å². The highest BCUT2D eigenvalue weighted by Crippen LogP contribution is 2.47. The number of nitrogens with zero attached hydrogens (tertiary/aromatic N) is 1. The van der Waals surface area contributed by atoms with Gasteiger partial charge in [-0.15, -0.1) is 0 Å². The predicted octanol–water partition coefficient (Wildman–Crippen LogP) is 3.31. The molecular weight excluding hydrogens is 360 g/mol. The number of rotatable bonds is 6. The number of hydrogen-bond donors (Lipinski definition) is 1. The molecule has 27 heavy (non-hydrogen) atoms. The van der Waals surface area contributed by atoms with Crippen LogP contribution in [0.4, 0.5) is 0 Å². The molecule has 1 heterocycles. The van der Waals surface area contributed by atoms with Crippen molar-refractivity contribution in [2.75, 3.05) is 12.3 Å². The molecule has 0 unspecified atom stereocenters. The van der Waals surface area contributed by atoms with Crippen molar-refractivity contribution in [1.29, 1.82) is 0 Å². The number of nitrogens with one attached hydrogen (secondary N) is 1. The molecule has 1 aliphatic carbocycles. The first-order valence-corrected chi connectivity index (χ1v) is 11.8. The molecule has 0 spiro atoms. The van der Waals surface area contributed by atoms with E-state index in [1.54, 1.807) is 4.31 Å². The minimum atomic E-state index is -3.34. The Morgan fingerprint density at radius 1 is 1.22 bits per heavy atom. The fourth-order valence-corrected chi connectivity index (χ4v) is 6.45. The number of carbonyl (C=O) groups is 1. The van der Waals surface area contributed by atoms with Gasteiger partial charge in [-0.25, -0.2) is 8.42 Å². The lowest BCUT2D eigenvalue weighted by Crippen LogP contribution is -2.62. The Bertz CT molecular complexity index is 748. The van der Waals surface area contributed by atoms with Crippen LogP contribution in [0.15, 0.2) is 30.3 Å². The first-order chi connectivity index (χ1) is 12.8. The van der Waals surface area contributed by atoms with Gasteiger partial charge in [0, 0.05) is 19.1 Å². The van der Waals surface area contributed by atoms with E-state index in [4.69, 9.17) is 0 Å². The van der Waals surface area contributed by atoms with Crippen molar-refractivity contribution in [2.24, 2.45) is 11.3 Å². The summed E-state index contributed by atoms with van der Waals surface area (Å²) < 4.78 is 27.4. The largest absolute Gasteiger partial charge is 0.356 e. The average Bonchev–Trinajstić information content (AvgIpc) is 2.64. The number of amides is 1. The number of benzene rings is 1. The Labute approximate surface area is 163 Å². The molecule has 1 aromatic carbocycles. The van der Waals surface area contributed by atoms with Crippen LogP contribution in [-0.2, 0) is 21.4 Å². The third-order valence-corrected chi connectivity index (χ3v) is 7.96. The van der Waals surface area contributed by atoms with Gasteiger partial charge in [0.25, 0.3) is 0 Å². The van der Waals surface area contributed by atoms with Crippen LogP contribution in [0.2, 0.25) is 0 Å². The Hall–Kier alpha value is -1.40. The normalized spacial score (nSPS) is 27.9. The summed E-state index contributed by atoms with van der Waals surface area (Å²) in [4.78, 5) is 13.2. The minimum absolute atomic E-state index is 0.0563. The molecule has 6 heteroatoms. The fourth-order valence-electron chi connectivity index (χ4n) is 4.56. The molecular formula is C21H32N2O3S. The molecule has 0 aromatic heterocycles. The van der Waals surface area contributed by atoms with Gasteiger partial charge in [-0.1, -0.05) is 57.0 Å². The highest BCUT2D eigenvalue weighted by molar-refractivity contribution is 7.89. The van der Waals surface area contributed by atoms with E-state index >= 15 is 0 Å². The molecule has 3 rings (SSSR count). The smallest absolute Gasteiger partial charge is 0.227 e.